The molecule has 1 N–H and O–H groups in total. The number of anilines is 1. The summed E-state index contributed by atoms with van der Waals surface area (Å²) in [6.07, 6.45) is 0. The number of hydrogen-bond donors (Lipinski definition) is 1. The van der Waals surface area contributed by atoms with E-state index in [0.717, 1.165) is 12.1 Å². The molecule has 0 atom stereocenters. The number of esters is 1. The third kappa shape index (κ3) is 6.81. The average Bonchev–Trinajstić information content (AvgIpc) is 2.73. The standard InChI is InChI=1S/C19H18F2N2O7S/c1-3-29-16-9-14(23(26)27)13(8-15(16)28-2)18(25)30-10-17(24)22-11-4-6-12(7-5-11)31-19(20)21/h4-9,19H,3,10H2,1-2H3,(H,22,24). The number of benzene rings is 2. The summed E-state index contributed by atoms with van der Waals surface area (Å²) in [5, 5.41) is 13.8. The number of nitrogens with one attached hydrogen (secondary N) is 1. The lowest BCUT2D eigenvalue weighted by atomic mass is 10.1. The smallest absolute Gasteiger partial charge is 0.345 e. The molecule has 0 saturated carbocycles. The van der Waals surface area contributed by atoms with Crippen LogP contribution in [-0.2, 0) is 9.53 Å². The lowest BCUT2D eigenvalue weighted by Crippen LogP contribution is -2.21. The molecular weight excluding hydrogens is 438 g/mol. The number of rotatable bonds is 10. The van der Waals surface area contributed by atoms with Crippen LogP contribution in [0.15, 0.2) is 41.3 Å². The largest absolute Gasteiger partial charge is 0.493 e. The molecule has 0 spiro atoms. The number of carbonyl (C=O) groups is 2. The Morgan fingerprint density at radius 3 is 2.42 bits per heavy atom. The van der Waals surface area contributed by atoms with Crippen molar-refractivity contribution in [2.45, 2.75) is 17.6 Å². The van der Waals surface area contributed by atoms with Gasteiger partial charge in [0.05, 0.1) is 24.7 Å². The van der Waals surface area contributed by atoms with E-state index in [1.54, 1.807) is 6.92 Å². The number of amides is 1. The zero-order valence-electron chi connectivity index (χ0n) is 16.4. The minimum atomic E-state index is -2.56. The second kappa shape index (κ2) is 11.1. The van der Waals surface area contributed by atoms with Crippen molar-refractivity contribution in [2.24, 2.45) is 0 Å². The first-order chi connectivity index (χ1) is 14.7. The Hall–Kier alpha value is -3.41. The molecule has 1 amide bonds. The number of nitrogens with zero attached hydrogens (tertiary/aromatic N) is 1. The second-order valence-corrected chi connectivity index (χ2v) is 6.80. The monoisotopic (exact) mass is 456 g/mol. The third-order valence-electron chi connectivity index (χ3n) is 3.70. The van der Waals surface area contributed by atoms with Crippen molar-refractivity contribution >= 4 is 35.0 Å². The highest BCUT2D eigenvalue weighted by Crippen LogP contribution is 2.35. The molecule has 9 nitrogen and oxygen atoms in total. The van der Waals surface area contributed by atoms with Gasteiger partial charge in [-0.2, -0.15) is 8.78 Å². The van der Waals surface area contributed by atoms with Gasteiger partial charge in [0, 0.05) is 16.6 Å². The van der Waals surface area contributed by atoms with E-state index in [1.807, 2.05) is 0 Å². The average molecular weight is 456 g/mol. The van der Waals surface area contributed by atoms with Gasteiger partial charge in [-0.1, -0.05) is 11.8 Å². The van der Waals surface area contributed by atoms with Crippen LogP contribution in [0.2, 0.25) is 0 Å². The summed E-state index contributed by atoms with van der Waals surface area (Å²) >= 11 is 0.359. The highest BCUT2D eigenvalue weighted by Gasteiger charge is 2.26. The number of alkyl halides is 2. The van der Waals surface area contributed by atoms with Crippen LogP contribution in [0, 0.1) is 10.1 Å². The SMILES string of the molecule is CCOc1cc([N+](=O)[O-])c(C(=O)OCC(=O)Nc2ccc(SC(F)F)cc2)cc1OC. The van der Waals surface area contributed by atoms with Crippen molar-refractivity contribution in [3.8, 4) is 11.5 Å². The molecule has 0 heterocycles. The summed E-state index contributed by atoms with van der Waals surface area (Å²) in [6, 6.07) is 7.75. The fraction of sp³-hybridized carbons (Fsp3) is 0.263. The topological polar surface area (TPSA) is 117 Å². The Kier molecular flexibility index (Phi) is 8.55. The first kappa shape index (κ1) is 23.9. The number of nitro benzene ring substituents is 1. The van der Waals surface area contributed by atoms with E-state index in [1.165, 1.54) is 31.4 Å². The van der Waals surface area contributed by atoms with Crippen molar-refractivity contribution < 1.29 is 37.5 Å². The van der Waals surface area contributed by atoms with Crippen LogP contribution in [0.1, 0.15) is 17.3 Å². The van der Waals surface area contributed by atoms with Gasteiger partial charge >= 0.3 is 5.97 Å². The highest BCUT2D eigenvalue weighted by molar-refractivity contribution is 7.99. The first-order valence-corrected chi connectivity index (χ1v) is 9.64. The Labute approximate surface area is 179 Å². The summed E-state index contributed by atoms with van der Waals surface area (Å²) in [5.41, 5.74) is -0.679. The van der Waals surface area contributed by atoms with Crippen LogP contribution in [-0.4, -0.2) is 42.9 Å². The number of nitro groups is 1. The van der Waals surface area contributed by atoms with Gasteiger partial charge in [0.15, 0.2) is 18.1 Å². The van der Waals surface area contributed by atoms with Gasteiger partial charge in [0.25, 0.3) is 17.4 Å². The number of hydrogen-bond acceptors (Lipinski definition) is 8. The molecule has 0 aliphatic heterocycles. The van der Waals surface area contributed by atoms with Gasteiger partial charge in [0.2, 0.25) is 0 Å². The van der Waals surface area contributed by atoms with E-state index in [2.05, 4.69) is 5.32 Å². The molecule has 0 radical (unpaired) electrons. The van der Waals surface area contributed by atoms with Crippen molar-refractivity contribution in [1.82, 2.24) is 0 Å². The maximum absolute atomic E-state index is 12.3. The number of carbonyl (C=O) groups excluding carboxylic acids is 2. The fourth-order valence-corrected chi connectivity index (χ4v) is 2.92. The Morgan fingerprint density at radius 2 is 1.87 bits per heavy atom. The normalized spacial score (nSPS) is 10.5. The van der Waals surface area contributed by atoms with Crippen LogP contribution < -0.4 is 14.8 Å². The van der Waals surface area contributed by atoms with Crippen LogP contribution in [0.5, 0.6) is 11.5 Å². The van der Waals surface area contributed by atoms with Gasteiger partial charge < -0.3 is 19.5 Å². The molecule has 166 valence electrons. The van der Waals surface area contributed by atoms with Crippen molar-refractivity contribution in [1.29, 1.82) is 0 Å². The predicted octanol–water partition coefficient (Wildman–Crippen LogP) is 4.11. The van der Waals surface area contributed by atoms with E-state index in [-0.39, 0.29) is 18.1 Å². The van der Waals surface area contributed by atoms with Crippen LogP contribution in [0.4, 0.5) is 20.2 Å². The fourth-order valence-electron chi connectivity index (χ4n) is 2.42. The summed E-state index contributed by atoms with van der Waals surface area (Å²) < 4.78 is 39.9. The van der Waals surface area contributed by atoms with Crippen LogP contribution >= 0.6 is 11.8 Å². The molecule has 0 aliphatic rings. The summed E-state index contributed by atoms with van der Waals surface area (Å²) in [7, 11) is 1.30. The molecule has 31 heavy (non-hydrogen) atoms. The molecule has 0 aromatic heterocycles. The Bertz CT molecular complexity index is 955. The zero-order valence-corrected chi connectivity index (χ0v) is 17.2. The molecule has 0 unspecified atom stereocenters. The quantitative estimate of drug-likeness (QED) is 0.246. The molecule has 12 heteroatoms. The maximum atomic E-state index is 12.3. The van der Waals surface area contributed by atoms with E-state index < -0.39 is 40.4 Å². The van der Waals surface area contributed by atoms with Gasteiger partial charge in [-0.25, -0.2) is 4.79 Å². The van der Waals surface area contributed by atoms with Crippen molar-refractivity contribution in [3.63, 3.8) is 0 Å². The van der Waals surface area contributed by atoms with E-state index in [4.69, 9.17) is 14.2 Å². The van der Waals surface area contributed by atoms with Gasteiger partial charge in [0.1, 0.15) is 5.56 Å². The number of thioether (sulfide) groups is 1. The van der Waals surface area contributed by atoms with E-state index >= 15 is 0 Å². The van der Waals surface area contributed by atoms with Gasteiger partial charge in [-0.15, -0.1) is 0 Å². The number of methoxy groups -OCH3 is 1. The number of ether oxygens (including phenoxy) is 3. The molecule has 0 saturated heterocycles. The van der Waals surface area contributed by atoms with E-state index in [0.29, 0.717) is 22.3 Å². The minimum Gasteiger partial charge on any atom is -0.493 e. The molecule has 2 aromatic carbocycles. The zero-order chi connectivity index (χ0) is 23.0. The highest BCUT2D eigenvalue weighted by atomic mass is 32.2. The Morgan fingerprint density at radius 1 is 1.19 bits per heavy atom. The number of halogens is 2. The minimum absolute atomic E-state index is 0.0828. The van der Waals surface area contributed by atoms with Crippen molar-refractivity contribution in [2.75, 3.05) is 25.6 Å². The molecule has 2 aromatic rings. The maximum Gasteiger partial charge on any atom is 0.345 e. The lowest BCUT2D eigenvalue weighted by Gasteiger charge is -2.12. The molecule has 2 rings (SSSR count). The van der Waals surface area contributed by atoms with Gasteiger partial charge in [-0.05, 0) is 31.2 Å². The second-order valence-electron chi connectivity index (χ2n) is 5.74. The lowest BCUT2D eigenvalue weighted by molar-refractivity contribution is -0.385. The Balaban J connectivity index is 2.06. The molecule has 0 fully saturated rings. The molecule has 0 aliphatic carbocycles. The summed E-state index contributed by atoms with van der Waals surface area (Å²) in [5.74, 6) is -4.22. The summed E-state index contributed by atoms with van der Waals surface area (Å²) in [4.78, 5) is 35.2. The van der Waals surface area contributed by atoms with Crippen LogP contribution in [0.3, 0.4) is 0 Å². The molecule has 0 bridgehead atoms. The summed E-state index contributed by atoms with van der Waals surface area (Å²) in [6.45, 7) is 1.18. The van der Waals surface area contributed by atoms with Crippen LogP contribution in [0.25, 0.3) is 0 Å². The predicted molar refractivity (Wildman–Crippen MR) is 108 cm³/mol. The van der Waals surface area contributed by atoms with Gasteiger partial charge in [-0.3, -0.25) is 14.9 Å². The van der Waals surface area contributed by atoms with Crippen molar-refractivity contribution in [3.05, 3.63) is 52.1 Å². The molecular formula is C19H18F2N2O7S. The van der Waals surface area contributed by atoms with E-state index in [9.17, 15) is 28.5 Å². The third-order valence-corrected chi connectivity index (χ3v) is 4.42. The first-order valence-electron chi connectivity index (χ1n) is 8.76.